The number of aryl methyl sites for hydroxylation is 2. The van der Waals surface area contributed by atoms with Gasteiger partial charge in [-0.05, 0) is 49.2 Å². The lowest BCUT2D eigenvalue weighted by Crippen LogP contribution is -2.29. The maximum absolute atomic E-state index is 14.9. The first-order chi connectivity index (χ1) is 27.7. The van der Waals surface area contributed by atoms with Crippen LogP contribution in [0.2, 0.25) is 0 Å². The van der Waals surface area contributed by atoms with Crippen LogP contribution in [0.1, 0.15) is 54.1 Å². The third kappa shape index (κ3) is 8.10. The van der Waals surface area contributed by atoms with Gasteiger partial charge in [0.25, 0.3) is 20.0 Å². The molecule has 0 heterocycles. The number of nitrogens with one attached hydrogen (secondary N) is 2. The molecule has 0 aliphatic heterocycles. The second kappa shape index (κ2) is 16.1. The minimum Gasteiger partial charge on any atom is -0.491 e. The van der Waals surface area contributed by atoms with Gasteiger partial charge < -0.3 is 20.9 Å². The van der Waals surface area contributed by atoms with Crippen LogP contribution in [0.25, 0.3) is 0 Å². The predicted molar refractivity (Wildman–Crippen MR) is 224 cm³/mol. The number of fused-ring (bicyclic) bond motifs is 2. The van der Waals surface area contributed by atoms with Gasteiger partial charge in [0.05, 0.1) is 68.0 Å². The molecule has 14 heteroatoms. The van der Waals surface area contributed by atoms with Crippen LogP contribution in [0.15, 0.2) is 131 Å². The van der Waals surface area contributed by atoms with Crippen LogP contribution in [0.4, 0.5) is 22.7 Å². The van der Waals surface area contributed by atoms with Crippen molar-refractivity contribution < 1.29 is 35.9 Å². The number of ether oxygens (including phenoxy) is 2. The fourth-order valence-electron chi connectivity index (χ4n) is 6.63. The summed E-state index contributed by atoms with van der Waals surface area (Å²) in [6, 6.07) is 33.5. The quantitative estimate of drug-likeness (QED) is 0.0823. The normalized spacial score (nSPS) is 12.4. The number of ketones is 2. The first kappa shape index (κ1) is 39.6. The molecule has 0 unspecified atom stereocenters. The van der Waals surface area contributed by atoms with E-state index in [1.54, 1.807) is 38.1 Å². The van der Waals surface area contributed by atoms with Gasteiger partial charge in [-0.2, -0.15) is 0 Å². The van der Waals surface area contributed by atoms with E-state index < -0.39 is 31.6 Å². The maximum atomic E-state index is 14.9. The van der Waals surface area contributed by atoms with Crippen LogP contribution in [0.3, 0.4) is 0 Å². The summed E-state index contributed by atoms with van der Waals surface area (Å²) in [6.45, 7) is 3.77. The van der Waals surface area contributed by atoms with E-state index in [-0.39, 0.29) is 79.5 Å². The van der Waals surface area contributed by atoms with Gasteiger partial charge in [-0.3, -0.25) is 19.0 Å². The minimum absolute atomic E-state index is 0.0727. The van der Waals surface area contributed by atoms with Gasteiger partial charge in [0.15, 0.2) is 11.6 Å². The van der Waals surface area contributed by atoms with E-state index >= 15 is 0 Å². The average Bonchev–Trinajstić information content (AvgIpc) is 3.20. The lowest BCUT2D eigenvalue weighted by Gasteiger charge is -2.27. The van der Waals surface area contributed by atoms with Crippen molar-refractivity contribution in [2.24, 2.45) is 0 Å². The highest BCUT2D eigenvalue weighted by atomic mass is 32.2. The number of benzene rings is 6. The summed E-state index contributed by atoms with van der Waals surface area (Å²) in [7, 11) is -8.71. The maximum Gasteiger partial charge on any atom is 0.261 e. The number of nitrogen functional groups attached to an aromatic ring is 2. The fourth-order valence-corrected chi connectivity index (χ4v) is 8.76. The van der Waals surface area contributed by atoms with Crippen molar-refractivity contribution >= 4 is 54.4 Å². The number of carbonyl (C=O) groups is 2. The van der Waals surface area contributed by atoms with Crippen LogP contribution in [0, 0.1) is 13.8 Å². The highest BCUT2D eigenvalue weighted by Crippen LogP contribution is 2.47. The third-order valence-electron chi connectivity index (χ3n) is 9.70. The Labute approximate surface area is 336 Å². The number of sulfonamides is 2. The SMILES string of the molecule is Cc1ccc(S(=O)(=O)Nc2cc(OCCc3ccccc3)c(N)c3c2C(=O)c2c(N)c(OCCc4ccccc4)cc(NS(=O)(=O)c4ccc(C)cc4)c2C3=O)cc1. The number of hydrogen-bond donors (Lipinski definition) is 4. The molecule has 296 valence electrons. The number of anilines is 4. The van der Waals surface area contributed by atoms with E-state index in [0.29, 0.717) is 12.8 Å². The standard InChI is InChI=1S/C44H40N4O8S2/c1-27-13-17-31(18-14-27)57(51,52)47-33-25-35(55-23-21-29-9-5-3-6-10-29)41(45)39-37(33)43(49)40-38(44(39)50)34(48-58(53,54)32-19-15-28(2)16-20-32)26-36(42(40)46)56-24-22-30-11-7-4-8-12-30/h3-20,25-26,47-48H,21-24,45-46H2,1-2H3. The smallest absolute Gasteiger partial charge is 0.261 e. The van der Waals surface area contributed by atoms with Gasteiger partial charge in [-0.1, -0.05) is 96.1 Å². The fraction of sp³-hybridized carbons (Fsp3) is 0.136. The van der Waals surface area contributed by atoms with Gasteiger partial charge in [0.2, 0.25) is 0 Å². The molecule has 0 radical (unpaired) electrons. The highest BCUT2D eigenvalue weighted by Gasteiger charge is 2.41. The number of nitrogens with two attached hydrogens (primary N) is 2. The molecule has 1 aliphatic carbocycles. The minimum atomic E-state index is -4.36. The summed E-state index contributed by atoms with van der Waals surface area (Å²) in [6.07, 6.45) is 0.873. The summed E-state index contributed by atoms with van der Waals surface area (Å²) >= 11 is 0. The van der Waals surface area contributed by atoms with Crippen LogP contribution in [0.5, 0.6) is 11.5 Å². The number of carbonyl (C=O) groups excluding carboxylic acids is 2. The molecule has 0 bridgehead atoms. The second-order valence-corrected chi connectivity index (χ2v) is 17.2. The molecule has 1 aliphatic rings. The number of rotatable bonds is 14. The summed E-state index contributed by atoms with van der Waals surface area (Å²) in [4.78, 5) is 29.6. The van der Waals surface area contributed by atoms with Crippen molar-refractivity contribution in [2.45, 2.75) is 36.5 Å². The summed E-state index contributed by atoms with van der Waals surface area (Å²) < 4.78 is 72.5. The zero-order valence-corrected chi connectivity index (χ0v) is 33.2. The van der Waals surface area contributed by atoms with Gasteiger partial charge in [-0.25, -0.2) is 16.8 Å². The van der Waals surface area contributed by atoms with E-state index in [2.05, 4.69) is 9.44 Å². The summed E-state index contributed by atoms with van der Waals surface area (Å²) in [5.41, 5.74) is 14.2. The molecule has 0 atom stereocenters. The second-order valence-electron chi connectivity index (χ2n) is 13.8. The molecule has 0 fully saturated rings. The lowest BCUT2D eigenvalue weighted by molar-refractivity contribution is 0.0981. The topological polar surface area (TPSA) is 197 Å². The molecule has 0 saturated heterocycles. The molecule has 0 aromatic heterocycles. The Morgan fingerprint density at radius 3 is 1.19 bits per heavy atom. The Hall–Kier alpha value is -6.64. The first-order valence-corrected chi connectivity index (χ1v) is 21.2. The molecule has 58 heavy (non-hydrogen) atoms. The van der Waals surface area contributed by atoms with Crippen LogP contribution in [-0.4, -0.2) is 41.6 Å². The molecular formula is C44H40N4O8S2. The monoisotopic (exact) mass is 816 g/mol. The Morgan fingerprint density at radius 2 is 0.845 bits per heavy atom. The molecule has 0 spiro atoms. The zero-order valence-electron chi connectivity index (χ0n) is 31.6. The highest BCUT2D eigenvalue weighted by molar-refractivity contribution is 7.93. The van der Waals surface area contributed by atoms with Gasteiger partial charge in [0.1, 0.15) is 11.5 Å². The largest absolute Gasteiger partial charge is 0.491 e. The zero-order chi connectivity index (χ0) is 41.2. The van der Waals surface area contributed by atoms with Crippen molar-refractivity contribution in [1.29, 1.82) is 0 Å². The summed E-state index contributed by atoms with van der Waals surface area (Å²) in [5, 5.41) is 0. The van der Waals surface area contributed by atoms with Crippen LogP contribution < -0.4 is 30.4 Å². The average molecular weight is 817 g/mol. The molecule has 6 aromatic carbocycles. The van der Waals surface area contributed by atoms with E-state index in [9.17, 15) is 26.4 Å². The van der Waals surface area contributed by atoms with Crippen LogP contribution in [-0.2, 0) is 32.9 Å². The van der Waals surface area contributed by atoms with Gasteiger partial charge in [-0.15, -0.1) is 0 Å². The molecule has 7 rings (SSSR count). The van der Waals surface area contributed by atoms with E-state index in [0.717, 1.165) is 22.3 Å². The Balaban J connectivity index is 1.37. The molecule has 0 amide bonds. The van der Waals surface area contributed by atoms with Crippen molar-refractivity contribution in [3.63, 3.8) is 0 Å². The molecule has 6 N–H and O–H groups in total. The van der Waals surface area contributed by atoms with E-state index in [4.69, 9.17) is 20.9 Å². The predicted octanol–water partition coefficient (Wildman–Crippen LogP) is 7.09. The lowest BCUT2D eigenvalue weighted by atomic mass is 9.80. The van der Waals surface area contributed by atoms with Crippen molar-refractivity contribution in [2.75, 3.05) is 34.1 Å². The molecular weight excluding hydrogens is 777 g/mol. The van der Waals surface area contributed by atoms with E-state index in [1.807, 2.05) is 60.7 Å². The Morgan fingerprint density at radius 1 is 0.500 bits per heavy atom. The van der Waals surface area contributed by atoms with Gasteiger partial charge >= 0.3 is 0 Å². The summed E-state index contributed by atoms with van der Waals surface area (Å²) in [5.74, 6) is -1.93. The van der Waals surface area contributed by atoms with Crippen molar-refractivity contribution in [3.05, 3.63) is 166 Å². The first-order valence-electron chi connectivity index (χ1n) is 18.3. The molecule has 6 aromatic rings. The molecule has 0 saturated carbocycles. The molecule has 12 nitrogen and oxygen atoms in total. The Kier molecular flexibility index (Phi) is 11.0. The van der Waals surface area contributed by atoms with Crippen molar-refractivity contribution in [1.82, 2.24) is 0 Å². The van der Waals surface area contributed by atoms with Gasteiger partial charge in [0, 0.05) is 25.0 Å². The third-order valence-corrected chi connectivity index (χ3v) is 12.5. The van der Waals surface area contributed by atoms with E-state index in [1.165, 1.54) is 36.4 Å². The number of hydrogen-bond acceptors (Lipinski definition) is 10. The van der Waals surface area contributed by atoms with Crippen LogP contribution >= 0.6 is 0 Å². The Bertz CT molecular complexity index is 2570. The van der Waals surface area contributed by atoms with Crippen molar-refractivity contribution in [3.8, 4) is 11.5 Å².